The molecule has 0 radical (unpaired) electrons. The molecule has 2 atom stereocenters. The van der Waals surface area contributed by atoms with E-state index in [9.17, 15) is 17.6 Å². The standard InChI is InChI=1S/C26H19F4N3/c27-15-5-1-6-16(28)23(15)25(19-9-3-13-31-19)21-11-12-22(33-21)26(20-10-4-14-32-20)24-17(29)7-2-8-18(24)30/h1-14,25-26,31-33H. The van der Waals surface area contributed by atoms with E-state index in [-0.39, 0.29) is 11.1 Å². The van der Waals surface area contributed by atoms with Crippen molar-refractivity contribution in [3.05, 3.63) is 142 Å². The second-order valence-corrected chi connectivity index (χ2v) is 7.76. The molecule has 0 aliphatic rings. The van der Waals surface area contributed by atoms with Crippen molar-refractivity contribution >= 4 is 0 Å². The van der Waals surface area contributed by atoms with Crippen LogP contribution in [0.15, 0.2) is 85.2 Å². The summed E-state index contributed by atoms with van der Waals surface area (Å²) in [4.78, 5) is 9.24. The predicted molar refractivity (Wildman–Crippen MR) is 117 cm³/mol. The largest absolute Gasteiger partial charge is 0.364 e. The molecule has 7 heteroatoms. The van der Waals surface area contributed by atoms with Crippen LogP contribution < -0.4 is 0 Å². The van der Waals surface area contributed by atoms with Crippen LogP contribution >= 0.6 is 0 Å². The molecule has 3 heterocycles. The van der Waals surface area contributed by atoms with Gasteiger partial charge < -0.3 is 15.0 Å². The summed E-state index contributed by atoms with van der Waals surface area (Å²) in [6.45, 7) is 0. The van der Waals surface area contributed by atoms with Crippen LogP contribution in [0.3, 0.4) is 0 Å². The number of rotatable bonds is 6. The van der Waals surface area contributed by atoms with Crippen molar-refractivity contribution in [1.82, 2.24) is 15.0 Å². The first-order valence-corrected chi connectivity index (χ1v) is 10.4. The average molecular weight is 449 g/mol. The minimum Gasteiger partial charge on any atom is -0.364 e. The highest BCUT2D eigenvalue weighted by atomic mass is 19.1. The Morgan fingerprint density at radius 1 is 0.455 bits per heavy atom. The van der Waals surface area contributed by atoms with E-state index in [0.29, 0.717) is 22.8 Å². The maximum Gasteiger partial charge on any atom is 0.130 e. The van der Waals surface area contributed by atoms with Crippen LogP contribution in [0.5, 0.6) is 0 Å². The molecule has 0 amide bonds. The average Bonchev–Trinajstić information content (AvgIpc) is 3.57. The number of aromatic nitrogens is 3. The van der Waals surface area contributed by atoms with Crippen LogP contribution in [0.1, 0.15) is 45.7 Å². The summed E-state index contributed by atoms with van der Waals surface area (Å²) in [7, 11) is 0. The number of hydrogen-bond acceptors (Lipinski definition) is 0. The van der Waals surface area contributed by atoms with Gasteiger partial charge in [0.1, 0.15) is 23.3 Å². The molecule has 0 bridgehead atoms. The van der Waals surface area contributed by atoms with Gasteiger partial charge in [-0.05, 0) is 60.7 Å². The third-order valence-electron chi connectivity index (χ3n) is 5.80. The summed E-state index contributed by atoms with van der Waals surface area (Å²) in [6.07, 6.45) is 3.34. The number of H-pyrrole nitrogens is 3. The Morgan fingerprint density at radius 3 is 1.18 bits per heavy atom. The Hall–Kier alpha value is -4.00. The first-order valence-electron chi connectivity index (χ1n) is 10.4. The van der Waals surface area contributed by atoms with Gasteiger partial charge in [-0.15, -0.1) is 0 Å². The van der Waals surface area contributed by atoms with Crippen LogP contribution in [0.2, 0.25) is 0 Å². The molecule has 5 rings (SSSR count). The minimum atomic E-state index is -0.815. The van der Waals surface area contributed by atoms with Gasteiger partial charge in [-0.1, -0.05) is 12.1 Å². The molecule has 3 aromatic heterocycles. The Balaban J connectivity index is 1.67. The molecular weight excluding hydrogens is 430 g/mol. The van der Waals surface area contributed by atoms with Crippen LogP contribution in [-0.4, -0.2) is 15.0 Å². The zero-order chi connectivity index (χ0) is 22.9. The predicted octanol–water partition coefficient (Wildman–Crippen LogP) is 6.59. The fourth-order valence-corrected chi connectivity index (χ4v) is 4.34. The fraction of sp³-hybridized carbons (Fsp3) is 0.0769. The Morgan fingerprint density at radius 2 is 0.848 bits per heavy atom. The minimum absolute atomic E-state index is 0.123. The smallest absolute Gasteiger partial charge is 0.130 e. The molecule has 5 aromatic rings. The van der Waals surface area contributed by atoms with E-state index in [1.807, 2.05) is 0 Å². The van der Waals surface area contributed by atoms with Gasteiger partial charge in [-0.25, -0.2) is 17.6 Å². The second kappa shape index (κ2) is 8.50. The van der Waals surface area contributed by atoms with Gasteiger partial charge in [0.25, 0.3) is 0 Å². The Labute approximate surface area is 187 Å². The molecule has 0 aliphatic carbocycles. The summed E-state index contributed by atoms with van der Waals surface area (Å²) >= 11 is 0. The molecule has 0 saturated heterocycles. The van der Waals surface area contributed by atoms with Crippen molar-refractivity contribution in [3.8, 4) is 0 Å². The van der Waals surface area contributed by atoms with Crippen molar-refractivity contribution in [1.29, 1.82) is 0 Å². The maximum atomic E-state index is 14.8. The molecule has 166 valence electrons. The van der Waals surface area contributed by atoms with Crippen molar-refractivity contribution in [2.45, 2.75) is 11.8 Å². The lowest BCUT2D eigenvalue weighted by atomic mass is 9.91. The van der Waals surface area contributed by atoms with Crippen LogP contribution in [0, 0.1) is 23.3 Å². The Bertz CT molecular complexity index is 1230. The molecule has 33 heavy (non-hydrogen) atoms. The molecule has 0 aliphatic heterocycles. The number of nitrogens with one attached hydrogen (secondary N) is 3. The van der Waals surface area contributed by atoms with Gasteiger partial charge in [-0.3, -0.25) is 0 Å². The summed E-state index contributed by atoms with van der Waals surface area (Å²) < 4.78 is 59.1. The zero-order valence-corrected chi connectivity index (χ0v) is 17.2. The molecule has 2 unspecified atom stereocenters. The number of aromatic amines is 3. The molecule has 0 fully saturated rings. The van der Waals surface area contributed by atoms with E-state index in [4.69, 9.17) is 0 Å². The van der Waals surface area contributed by atoms with E-state index in [2.05, 4.69) is 15.0 Å². The third-order valence-corrected chi connectivity index (χ3v) is 5.80. The van der Waals surface area contributed by atoms with E-state index in [1.54, 1.807) is 48.8 Å². The SMILES string of the molecule is Fc1cccc(F)c1C(c1ccc[nH]1)c1ccc(C(c2ccc[nH]2)c2c(F)cccc2F)[nH]1. The van der Waals surface area contributed by atoms with E-state index < -0.39 is 35.1 Å². The highest BCUT2D eigenvalue weighted by Crippen LogP contribution is 2.38. The van der Waals surface area contributed by atoms with Crippen molar-refractivity contribution < 1.29 is 17.6 Å². The van der Waals surface area contributed by atoms with Crippen molar-refractivity contribution in [2.75, 3.05) is 0 Å². The number of benzene rings is 2. The van der Waals surface area contributed by atoms with E-state index in [1.165, 1.54) is 36.4 Å². The first-order chi connectivity index (χ1) is 16.0. The highest BCUT2D eigenvalue weighted by Gasteiger charge is 2.29. The summed E-state index contributed by atoms with van der Waals surface area (Å²) in [5.41, 5.74) is 1.85. The summed E-state index contributed by atoms with van der Waals surface area (Å²) in [5, 5.41) is 0. The van der Waals surface area contributed by atoms with Gasteiger partial charge in [-0.2, -0.15) is 0 Å². The van der Waals surface area contributed by atoms with E-state index >= 15 is 0 Å². The topological polar surface area (TPSA) is 47.4 Å². The fourth-order valence-electron chi connectivity index (χ4n) is 4.34. The van der Waals surface area contributed by atoms with Crippen LogP contribution in [0.4, 0.5) is 17.6 Å². The van der Waals surface area contributed by atoms with Crippen LogP contribution in [-0.2, 0) is 0 Å². The molecule has 0 spiro atoms. The summed E-state index contributed by atoms with van der Waals surface area (Å²) in [5.74, 6) is -4.38. The zero-order valence-electron chi connectivity index (χ0n) is 17.2. The van der Waals surface area contributed by atoms with Gasteiger partial charge in [0, 0.05) is 46.3 Å². The van der Waals surface area contributed by atoms with Gasteiger partial charge in [0.2, 0.25) is 0 Å². The van der Waals surface area contributed by atoms with Crippen molar-refractivity contribution in [3.63, 3.8) is 0 Å². The molecule has 3 nitrogen and oxygen atoms in total. The molecule has 2 aromatic carbocycles. The first kappa shape index (κ1) is 20.9. The molecular formula is C26H19F4N3. The number of hydrogen-bond donors (Lipinski definition) is 3. The second-order valence-electron chi connectivity index (χ2n) is 7.76. The lowest BCUT2D eigenvalue weighted by Gasteiger charge is -2.19. The lowest BCUT2D eigenvalue weighted by Crippen LogP contribution is -2.12. The normalized spacial score (nSPS) is 13.2. The quantitative estimate of drug-likeness (QED) is 0.245. The van der Waals surface area contributed by atoms with Gasteiger partial charge >= 0.3 is 0 Å². The lowest BCUT2D eigenvalue weighted by molar-refractivity contribution is 0.546. The van der Waals surface area contributed by atoms with Gasteiger partial charge in [0.05, 0.1) is 11.8 Å². The monoisotopic (exact) mass is 449 g/mol. The molecule has 3 N–H and O–H groups in total. The van der Waals surface area contributed by atoms with Crippen LogP contribution in [0.25, 0.3) is 0 Å². The summed E-state index contributed by atoms with van der Waals surface area (Å²) in [6, 6.07) is 17.7. The molecule has 0 saturated carbocycles. The van der Waals surface area contributed by atoms with Crippen molar-refractivity contribution in [2.24, 2.45) is 0 Å². The Kier molecular flexibility index (Phi) is 5.38. The third kappa shape index (κ3) is 3.75. The maximum absolute atomic E-state index is 14.8. The number of halogens is 4. The van der Waals surface area contributed by atoms with Gasteiger partial charge in [0.15, 0.2) is 0 Å². The highest BCUT2D eigenvalue weighted by molar-refractivity contribution is 5.44. The van der Waals surface area contributed by atoms with E-state index in [0.717, 1.165) is 0 Å².